The summed E-state index contributed by atoms with van der Waals surface area (Å²) >= 11 is 0. The fourth-order valence-electron chi connectivity index (χ4n) is 3.73. The van der Waals surface area contributed by atoms with Crippen molar-refractivity contribution in [2.24, 2.45) is 0 Å². The van der Waals surface area contributed by atoms with Crippen LogP contribution < -0.4 is 4.72 Å². The van der Waals surface area contributed by atoms with Crippen LogP contribution in [0.25, 0.3) is 10.8 Å². The van der Waals surface area contributed by atoms with E-state index in [1.165, 1.54) is 0 Å². The van der Waals surface area contributed by atoms with Gasteiger partial charge >= 0.3 is 0 Å². The van der Waals surface area contributed by atoms with E-state index in [0.717, 1.165) is 35.3 Å². The minimum absolute atomic E-state index is 0.0450. The maximum Gasteiger partial charge on any atom is 0.240 e. The van der Waals surface area contributed by atoms with Crippen LogP contribution >= 0.6 is 0 Å². The Morgan fingerprint density at radius 1 is 1.06 bits per heavy atom. The molecular formula is C22H26N4O4S. The molecule has 2 aromatic carbocycles. The molecule has 0 aliphatic carbocycles. The molecule has 0 radical (unpaired) electrons. The number of fused-ring (bicyclic) bond motifs is 1. The normalized spacial score (nSPS) is 15.5. The van der Waals surface area contributed by atoms with E-state index in [1.807, 2.05) is 37.3 Å². The van der Waals surface area contributed by atoms with E-state index < -0.39 is 10.0 Å². The lowest BCUT2D eigenvalue weighted by molar-refractivity contribution is -0.132. The van der Waals surface area contributed by atoms with Gasteiger partial charge in [0.1, 0.15) is 0 Å². The van der Waals surface area contributed by atoms with Crippen LogP contribution in [0.3, 0.4) is 0 Å². The Morgan fingerprint density at radius 3 is 2.52 bits per heavy atom. The molecule has 2 heterocycles. The quantitative estimate of drug-likeness (QED) is 0.602. The van der Waals surface area contributed by atoms with E-state index in [-0.39, 0.29) is 23.8 Å². The summed E-state index contributed by atoms with van der Waals surface area (Å²) in [6, 6.07) is 14.5. The number of amides is 1. The van der Waals surface area contributed by atoms with Crippen molar-refractivity contribution in [3.63, 3.8) is 0 Å². The third kappa shape index (κ3) is 5.30. The second kappa shape index (κ2) is 9.17. The first-order chi connectivity index (χ1) is 14.9. The van der Waals surface area contributed by atoms with Crippen molar-refractivity contribution in [3.8, 4) is 0 Å². The van der Waals surface area contributed by atoms with Crippen LogP contribution in [-0.2, 0) is 21.4 Å². The molecule has 1 aliphatic heterocycles. The van der Waals surface area contributed by atoms with E-state index >= 15 is 0 Å². The number of rotatable bonds is 7. The third-order valence-electron chi connectivity index (χ3n) is 5.44. The molecule has 164 valence electrons. The summed E-state index contributed by atoms with van der Waals surface area (Å²) in [5, 5.41) is 5.73. The molecule has 0 atom stereocenters. The maximum absolute atomic E-state index is 12.6. The second-order valence-electron chi connectivity index (χ2n) is 7.75. The van der Waals surface area contributed by atoms with Crippen molar-refractivity contribution >= 4 is 26.7 Å². The van der Waals surface area contributed by atoms with Crippen LogP contribution in [0.15, 0.2) is 57.9 Å². The molecule has 1 saturated heterocycles. The second-order valence-corrected chi connectivity index (χ2v) is 9.52. The monoisotopic (exact) mass is 442 g/mol. The molecule has 8 nitrogen and oxygen atoms in total. The molecule has 31 heavy (non-hydrogen) atoms. The Hall–Kier alpha value is -2.75. The smallest absolute Gasteiger partial charge is 0.240 e. The zero-order chi connectivity index (χ0) is 21.8. The molecule has 0 bridgehead atoms. The number of hydrogen-bond acceptors (Lipinski definition) is 6. The first kappa shape index (κ1) is 21.5. The van der Waals surface area contributed by atoms with Crippen LogP contribution in [0, 0.1) is 6.92 Å². The van der Waals surface area contributed by atoms with Gasteiger partial charge in [0.05, 0.1) is 17.1 Å². The summed E-state index contributed by atoms with van der Waals surface area (Å²) in [6.07, 6.45) is 0.133. The van der Waals surface area contributed by atoms with Crippen molar-refractivity contribution in [2.45, 2.75) is 24.8 Å². The average molecular weight is 443 g/mol. The number of carbonyl (C=O) groups excluding carboxylic acids is 1. The van der Waals surface area contributed by atoms with Crippen LogP contribution in [0.1, 0.15) is 17.9 Å². The summed E-state index contributed by atoms with van der Waals surface area (Å²) in [6.45, 7) is 5.35. The number of nitrogens with zero attached hydrogens (tertiary/aromatic N) is 3. The highest BCUT2D eigenvalue weighted by Crippen LogP contribution is 2.19. The van der Waals surface area contributed by atoms with Gasteiger partial charge in [-0.3, -0.25) is 9.69 Å². The summed E-state index contributed by atoms with van der Waals surface area (Å²) in [4.78, 5) is 16.7. The van der Waals surface area contributed by atoms with Gasteiger partial charge in [0.25, 0.3) is 0 Å². The predicted molar refractivity (Wildman–Crippen MR) is 117 cm³/mol. The summed E-state index contributed by atoms with van der Waals surface area (Å²) < 4.78 is 33.0. The third-order valence-corrected chi connectivity index (χ3v) is 6.90. The zero-order valence-corrected chi connectivity index (χ0v) is 18.3. The molecule has 0 unspecified atom stereocenters. The van der Waals surface area contributed by atoms with Crippen molar-refractivity contribution < 1.29 is 17.7 Å². The number of carbonyl (C=O) groups is 1. The Morgan fingerprint density at radius 2 is 1.81 bits per heavy atom. The minimum Gasteiger partial charge on any atom is -0.360 e. The highest BCUT2D eigenvalue weighted by atomic mass is 32.2. The number of hydrogen-bond donors (Lipinski definition) is 1. The molecule has 1 N–H and O–H groups in total. The molecule has 9 heteroatoms. The van der Waals surface area contributed by atoms with Crippen molar-refractivity contribution in [3.05, 3.63) is 60.0 Å². The number of nitrogens with one attached hydrogen (secondary N) is 1. The van der Waals surface area contributed by atoms with E-state index in [9.17, 15) is 13.2 Å². The predicted octanol–water partition coefficient (Wildman–Crippen LogP) is 2.15. The fourth-order valence-corrected chi connectivity index (χ4v) is 4.80. The number of sulfonamides is 1. The number of aryl methyl sites for hydroxylation is 1. The van der Waals surface area contributed by atoms with E-state index in [0.29, 0.717) is 19.6 Å². The summed E-state index contributed by atoms with van der Waals surface area (Å²) in [5.41, 5.74) is 0.856. The van der Waals surface area contributed by atoms with Crippen molar-refractivity contribution in [1.29, 1.82) is 0 Å². The SMILES string of the molecule is Cc1cc(CN2CCN(C(=O)CCNS(=O)(=O)c3ccc4ccccc4c3)CC2)on1. The molecule has 1 fully saturated rings. The lowest BCUT2D eigenvalue weighted by Gasteiger charge is -2.34. The molecule has 1 aliphatic rings. The summed E-state index contributed by atoms with van der Waals surface area (Å²) in [5.74, 6) is 0.775. The van der Waals surface area contributed by atoms with Gasteiger partial charge in [-0.05, 0) is 29.8 Å². The molecule has 1 amide bonds. The minimum atomic E-state index is -3.66. The Labute approximate surface area is 181 Å². The van der Waals surface area contributed by atoms with E-state index in [1.54, 1.807) is 23.1 Å². The lowest BCUT2D eigenvalue weighted by atomic mass is 10.1. The molecule has 0 spiro atoms. The highest BCUT2D eigenvalue weighted by Gasteiger charge is 2.22. The van der Waals surface area contributed by atoms with Gasteiger partial charge < -0.3 is 9.42 Å². The van der Waals surface area contributed by atoms with Gasteiger partial charge in [0.15, 0.2) is 5.76 Å². The van der Waals surface area contributed by atoms with Crippen LogP contribution in [0.4, 0.5) is 0 Å². The highest BCUT2D eigenvalue weighted by molar-refractivity contribution is 7.89. The Balaban J connectivity index is 1.25. The molecule has 4 rings (SSSR count). The van der Waals surface area contributed by atoms with Gasteiger partial charge in [-0.25, -0.2) is 13.1 Å². The fraction of sp³-hybridized carbons (Fsp3) is 0.364. The first-order valence-corrected chi connectivity index (χ1v) is 11.8. The van der Waals surface area contributed by atoms with Gasteiger partial charge in [-0.1, -0.05) is 35.5 Å². The standard InChI is InChI=1S/C22H26N4O4S/c1-17-14-20(30-24-17)16-25-10-12-26(13-11-25)22(27)8-9-23-31(28,29)21-7-6-18-4-2-3-5-19(18)15-21/h2-7,14-15,23H,8-13,16H2,1H3. The van der Waals surface area contributed by atoms with Crippen molar-refractivity contribution in [2.75, 3.05) is 32.7 Å². The molecular weight excluding hydrogens is 416 g/mol. The lowest BCUT2D eigenvalue weighted by Crippen LogP contribution is -2.48. The van der Waals surface area contributed by atoms with Crippen LogP contribution in [0.5, 0.6) is 0 Å². The molecule has 3 aromatic rings. The van der Waals surface area contributed by atoms with Gasteiger partial charge in [-0.2, -0.15) is 0 Å². The molecule has 0 saturated carbocycles. The van der Waals surface area contributed by atoms with Gasteiger partial charge in [0, 0.05) is 45.2 Å². The average Bonchev–Trinajstić information content (AvgIpc) is 3.18. The first-order valence-electron chi connectivity index (χ1n) is 10.3. The van der Waals surface area contributed by atoms with E-state index in [2.05, 4.69) is 14.8 Å². The maximum atomic E-state index is 12.6. The largest absolute Gasteiger partial charge is 0.360 e. The summed E-state index contributed by atoms with van der Waals surface area (Å²) in [7, 11) is -3.66. The Bertz CT molecular complexity index is 1170. The number of piperazine rings is 1. The zero-order valence-electron chi connectivity index (χ0n) is 17.5. The van der Waals surface area contributed by atoms with Gasteiger partial charge in [-0.15, -0.1) is 0 Å². The van der Waals surface area contributed by atoms with Crippen LogP contribution in [0.2, 0.25) is 0 Å². The molecule has 1 aromatic heterocycles. The van der Waals surface area contributed by atoms with E-state index in [4.69, 9.17) is 4.52 Å². The van der Waals surface area contributed by atoms with Gasteiger partial charge in [0.2, 0.25) is 15.9 Å². The number of benzene rings is 2. The topological polar surface area (TPSA) is 95.8 Å². The van der Waals surface area contributed by atoms with Crippen molar-refractivity contribution in [1.82, 2.24) is 19.7 Å². The van der Waals surface area contributed by atoms with Crippen LogP contribution in [-0.4, -0.2) is 62.0 Å². The Kier molecular flexibility index (Phi) is 6.35. The number of aromatic nitrogens is 1.